The summed E-state index contributed by atoms with van der Waals surface area (Å²) in [6, 6.07) is 14.6. The Bertz CT molecular complexity index is 790. The molecule has 0 aliphatic carbocycles. The zero-order valence-corrected chi connectivity index (χ0v) is 13.2. The molecule has 0 fully saturated rings. The Hall–Kier alpha value is -2.00. The molecule has 3 rings (SSSR count). The first kappa shape index (κ1) is 14.0. The molecular weight excluding hydrogens is 282 g/mol. The van der Waals surface area contributed by atoms with Gasteiger partial charge in [-0.3, -0.25) is 4.57 Å². The molecule has 0 amide bonds. The van der Waals surface area contributed by atoms with Crippen molar-refractivity contribution in [3.8, 4) is 5.69 Å². The maximum absolute atomic E-state index is 6.11. The van der Waals surface area contributed by atoms with Crippen LogP contribution in [0.4, 0.5) is 5.69 Å². The van der Waals surface area contributed by atoms with Gasteiger partial charge in [0.25, 0.3) is 0 Å². The molecule has 0 atom stereocenters. The number of para-hydroxylation sites is 1. The summed E-state index contributed by atoms with van der Waals surface area (Å²) < 4.78 is 2.14. The van der Waals surface area contributed by atoms with Crippen molar-refractivity contribution < 1.29 is 0 Å². The highest BCUT2D eigenvalue weighted by atomic mass is 35.5. The van der Waals surface area contributed by atoms with Gasteiger partial charge in [0.1, 0.15) is 5.82 Å². The van der Waals surface area contributed by atoms with Crippen LogP contribution in [0.5, 0.6) is 0 Å². The Labute approximate surface area is 129 Å². The van der Waals surface area contributed by atoms with E-state index in [0.29, 0.717) is 5.88 Å². The van der Waals surface area contributed by atoms with Gasteiger partial charge in [-0.25, -0.2) is 4.98 Å². The van der Waals surface area contributed by atoms with Gasteiger partial charge < -0.3 is 4.90 Å². The van der Waals surface area contributed by atoms with Gasteiger partial charge in [-0.1, -0.05) is 18.2 Å². The van der Waals surface area contributed by atoms with Crippen LogP contribution in [0, 0.1) is 6.92 Å². The van der Waals surface area contributed by atoms with E-state index in [1.54, 1.807) is 0 Å². The number of benzene rings is 2. The van der Waals surface area contributed by atoms with Crippen molar-refractivity contribution in [3.63, 3.8) is 0 Å². The fraction of sp³-hybridized carbons (Fsp3) is 0.235. The third-order valence-corrected chi connectivity index (χ3v) is 3.92. The van der Waals surface area contributed by atoms with Gasteiger partial charge >= 0.3 is 0 Å². The number of aromatic nitrogens is 2. The molecule has 0 unspecified atom stereocenters. The van der Waals surface area contributed by atoms with Gasteiger partial charge in [0, 0.05) is 25.5 Å². The molecule has 21 heavy (non-hydrogen) atoms. The van der Waals surface area contributed by atoms with Crippen LogP contribution in [-0.2, 0) is 5.88 Å². The molecule has 3 aromatic rings. The lowest BCUT2D eigenvalue weighted by atomic mass is 10.2. The standard InChI is InChI=1S/C17H18ClN3/c1-12-6-4-9-15-17(12)19-16(11-18)21(15)14-8-5-7-13(10-14)20(2)3/h4-10H,11H2,1-3H3. The first-order valence-corrected chi connectivity index (χ1v) is 7.46. The first-order chi connectivity index (χ1) is 10.1. The minimum Gasteiger partial charge on any atom is -0.378 e. The van der Waals surface area contributed by atoms with E-state index in [1.807, 2.05) is 14.1 Å². The zero-order valence-electron chi connectivity index (χ0n) is 12.5. The summed E-state index contributed by atoms with van der Waals surface area (Å²) in [4.78, 5) is 6.79. The summed E-state index contributed by atoms with van der Waals surface area (Å²) in [6.45, 7) is 2.08. The molecule has 2 aromatic carbocycles. The number of alkyl halides is 1. The summed E-state index contributed by atoms with van der Waals surface area (Å²) in [7, 11) is 4.08. The smallest absolute Gasteiger partial charge is 0.129 e. The summed E-state index contributed by atoms with van der Waals surface area (Å²) in [5, 5.41) is 0. The number of aryl methyl sites for hydroxylation is 1. The quantitative estimate of drug-likeness (QED) is 0.678. The predicted octanol–water partition coefficient (Wildman–Crippen LogP) is 4.14. The number of anilines is 1. The molecule has 1 heterocycles. The lowest BCUT2D eigenvalue weighted by molar-refractivity contribution is 0.979. The van der Waals surface area contributed by atoms with E-state index in [4.69, 9.17) is 16.6 Å². The average Bonchev–Trinajstić information content (AvgIpc) is 2.87. The van der Waals surface area contributed by atoms with E-state index in [9.17, 15) is 0 Å². The molecule has 0 bridgehead atoms. The lowest BCUT2D eigenvalue weighted by Gasteiger charge is -2.15. The second-order valence-corrected chi connectivity index (χ2v) is 5.62. The summed E-state index contributed by atoms with van der Waals surface area (Å²) in [5.74, 6) is 1.26. The van der Waals surface area contributed by atoms with E-state index < -0.39 is 0 Å². The topological polar surface area (TPSA) is 21.1 Å². The van der Waals surface area contributed by atoms with Gasteiger partial charge in [0.2, 0.25) is 0 Å². The highest BCUT2D eigenvalue weighted by Gasteiger charge is 2.13. The van der Waals surface area contributed by atoms with Gasteiger partial charge in [0.15, 0.2) is 0 Å². The molecule has 1 aromatic heterocycles. The largest absolute Gasteiger partial charge is 0.378 e. The van der Waals surface area contributed by atoms with E-state index in [1.165, 1.54) is 5.56 Å². The van der Waals surface area contributed by atoms with Crippen molar-refractivity contribution in [2.45, 2.75) is 12.8 Å². The Morgan fingerprint density at radius 1 is 1.14 bits per heavy atom. The maximum Gasteiger partial charge on any atom is 0.129 e. The normalized spacial score (nSPS) is 11.0. The predicted molar refractivity (Wildman–Crippen MR) is 89.7 cm³/mol. The van der Waals surface area contributed by atoms with Gasteiger partial charge in [-0.15, -0.1) is 11.6 Å². The number of hydrogen-bond acceptors (Lipinski definition) is 2. The number of rotatable bonds is 3. The SMILES string of the molecule is Cc1cccc2c1nc(CCl)n2-c1cccc(N(C)C)c1. The minimum atomic E-state index is 0.389. The molecule has 0 saturated heterocycles. The van der Waals surface area contributed by atoms with Crippen molar-refractivity contribution in [2.75, 3.05) is 19.0 Å². The molecule has 3 nitrogen and oxygen atoms in total. The summed E-state index contributed by atoms with van der Waals surface area (Å²) >= 11 is 6.11. The third-order valence-electron chi connectivity index (χ3n) is 3.68. The van der Waals surface area contributed by atoms with Gasteiger partial charge in [-0.2, -0.15) is 0 Å². The van der Waals surface area contributed by atoms with Crippen LogP contribution in [0.15, 0.2) is 42.5 Å². The van der Waals surface area contributed by atoms with Crippen LogP contribution in [0.3, 0.4) is 0 Å². The Balaban J connectivity index is 2.28. The molecule has 0 N–H and O–H groups in total. The maximum atomic E-state index is 6.11. The van der Waals surface area contributed by atoms with Crippen molar-refractivity contribution in [1.29, 1.82) is 0 Å². The fourth-order valence-electron chi connectivity index (χ4n) is 2.58. The zero-order chi connectivity index (χ0) is 15.0. The van der Waals surface area contributed by atoms with E-state index in [2.05, 4.69) is 58.9 Å². The Morgan fingerprint density at radius 2 is 1.90 bits per heavy atom. The highest BCUT2D eigenvalue weighted by Crippen LogP contribution is 2.26. The van der Waals surface area contributed by atoms with Gasteiger partial charge in [-0.05, 0) is 36.8 Å². The Kier molecular flexibility index (Phi) is 3.60. The molecule has 0 saturated carbocycles. The molecule has 4 heteroatoms. The molecule has 108 valence electrons. The number of hydrogen-bond donors (Lipinski definition) is 0. The number of imidazole rings is 1. The van der Waals surface area contributed by atoms with Crippen LogP contribution in [-0.4, -0.2) is 23.6 Å². The van der Waals surface area contributed by atoms with E-state index in [-0.39, 0.29) is 0 Å². The molecule has 0 spiro atoms. The minimum absolute atomic E-state index is 0.389. The lowest BCUT2D eigenvalue weighted by Crippen LogP contribution is -2.09. The van der Waals surface area contributed by atoms with Crippen LogP contribution in [0.25, 0.3) is 16.7 Å². The summed E-state index contributed by atoms with van der Waals surface area (Å²) in [5.41, 5.74) is 5.53. The van der Waals surface area contributed by atoms with Crippen LogP contribution in [0.2, 0.25) is 0 Å². The molecule has 0 radical (unpaired) electrons. The van der Waals surface area contributed by atoms with Crippen molar-refractivity contribution in [3.05, 3.63) is 53.9 Å². The van der Waals surface area contributed by atoms with Crippen LogP contribution < -0.4 is 4.90 Å². The second kappa shape index (κ2) is 5.41. The fourth-order valence-corrected chi connectivity index (χ4v) is 2.75. The van der Waals surface area contributed by atoms with E-state index >= 15 is 0 Å². The number of nitrogens with zero attached hydrogens (tertiary/aromatic N) is 3. The monoisotopic (exact) mass is 299 g/mol. The van der Waals surface area contributed by atoms with Crippen LogP contribution >= 0.6 is 11.6 Å². The van der Waals surface area contributed by atoms with E-state index in [0.717, 1.165) is 28.2 Å². The molecule has 0 aliphatic heterocycles. The number of fused-ring (bicyclic) bond motifs is 1. The first-order valence-electron chi connectivity index (χ1n) is 6.92. The number of halogens is 1. The second-order valence-electron chi connectivity index (χ2n) is 5.35. The summed E-state index contributed by atoms with van der Waals surface area (Å²) in [6.07, 6.45) is 0. The third kappa shape index (κ3) is 2.38. The van der Waals surface area contributed by atoms with Crippen LogP contribution in [0.1, 0.15) is 11.4 Å². The highest BCUT2D eigenvalue weighted by molar-refractivity contribution is 6.17. The van der Waals surface area contributed by atoms with Gasteiger partial charge in [0.05, 0.1) is 16.9 Å². The molecule has 0 aliphatic rings. The average molecular weight is 300 g/mol. The van der Waals surface area contributed by atoms with Crippen molar-refractivity contribution in [1.82, 2.24) is 9.55 Å². The van der Waals surface area contributed by atoms with Crippen molar-refractivity contribution in [2.24, 2.45) is 0 Å². The Morgan fingerprint density at radius 3 is 2.62 bits per heavy atom. The van der Waals surface area contributed by atoms with Crippen molar-refractivity contribution >= 4 is 28.3 Å². The molecular formula is C17H18ClN3.